The molecule has 4 amide bonds. The Kier molecular flexibility index (Phi) is 10.5. The Morgan fingerprint density at radius 2 is 1.90 bits per heavy atom. The molecule has 9 nitrogen and oxygen atoms in total. The fraction of sp³-hybridized carbons (Fsp3) is 0.625. The Morgan fingerprint density at radius 3 is 2.61 bits per heavy atom. The summed E-state index contributed by atoms with van der Waals surface area (Å²) >= 11 is 0. The molecular weight excluding hydrogens is 520 g/mol. The molecule has 1 aromatic carbocycles. The summed E-state index contributed by atoms with van der Waals surface area (Å²) in [4.78, 5) is 32.5. The maximum Gasteiger partial charge on any atom is 0.321 e. The van der Waals surface area contributed by atoms with Crippen LogP contribution in [0.4, 0.5) is 9.59 Å². The third-order valence-corrected chi connectivity index (χ3v) is 8.31. The first-order valence-electron chi connectivity index (χ1n) is 15.2. The van der Waals surface area contributed by atoms with Crippen molar-refractivity contribution < 1.29 is 23.8 Å². The van der Waals surface area contributed by atoms with Gasteiger partial charge in [0.15, 0.2) is 0 Å². The van der Waals surface area contributed by atoms with E-state index in [2.05, 4.69) is 31.3 Å². The van der Waals surface area contributed by atoms with E-state index in [1.54, 1.807) is 19.1 Å². The highest BCUT2D eigenvalue weighted by Gasteiger charge is 2.50. The van der Waals surface area contributed by atoms with Crippen molar-refractivity contribution in [3.63, 3.8) is 0 Å². The van der Waals surface area contributed by atoms with Crippen LogP contribution < -0.4 is 14.8 Å². The molecule has 226 valence electrons. The summed E-state index contributed by atoms with van der Waals surface area (Å²) in [5.74, 6) is 3.01. The minimum absolute atomic E-state index is 0.0332. The molecule has 0 spiro atoms. The fourth-order valence-electron chi connectivity index (χ4n) is 5.88. The van der Waals surface area contributed by atoms with Gasteiger partial charge in [-0.05, 0) is 62.1 Å². The molecule has 1 N–H and O–H groups in total. The van der Waals surface area contributed by atoms with E-state index in [4.69, 9.17) is 14.2 Å². The molecule has 9 heteroatoms. The third kappa shape index (κ3) is 7.49. The second kappa shape index (κ2) is 14.0. The van der Waals surface area contributed by atoms with Gasteiger partial charge in [0.25, 0.3) is 0 Å². The Morgan fingerprint density at radius 1 is 1.12 bits per heavy atom. The van der Waals surface area contributed by atoms with Gasteiger partial charge in [-0.15, -0.1) is 0 Å². The second-order valence-corrected chi connectivity index (χ2v) is 11.4. The number of urea groups is 2. The van der Waals surface area contributed by atoms with E-state index in [0.717, 1.165) is 60.4 Å². The van der Waals surface area contributed by atoms with Crippen LogP contribution in [-0.2, 0) is 17.7 Å². The predicted molar refractivity (Wildman–Crippen MR) is 160 cm³/mol. The first kappa shape index (κ1) is 30.6. The highest BCUT2D eigenvalue weighted by atomic mass is 16.5. The number of carbonyl (C=O) groups excluding carboxylic acids is 2. The number of ether oxygens (including phenoxy) is 3. The molecule has 0 radical (unpaired) electrons. The lowest BCUT2D eigenvalue weighted by Crippen LogP contribution is -2.44. The maximum atomic E-state index is 13.5. The van der Waals surface area contributed by atoms with Crippen molar-refractivity contribution >= 4 is 12.1 Å². The van der Waals surface area contributed by atoms with Gasteiger partial charge in [-0.3, -0.25) is 0 Å². The second-order valence-electron chi connectivity index (χ2n) is 11.4. The first-order valence-corrected chi connectivity index (χ1v) is 15.2. The molecule has 2 aliphatic heterocycles. The van der Waals surface area contributed by atoms with Gasteiger partial charge in [-0.1, -0.05) is 26.0 Å². The lowest BCUT2D eigenvalue weighted by atomic mass is 9.94. The number of carbonyl (C=O) groups is 2. The zero-order valence-electron chi connectivity index (χ0n) is 25.7. The molecule has 0 aromatic heterocycles. The summed E-state index contributed by atoms with van der Waals surface area (Å²) in [7, 11) is 5.16. The summed E-state index contributed by atoms with van der Waals surface area (Å²) < 4.78 is 17.2. The highest BCUT2D eigenvalue weighted by molar-refractivity contribution is 5.77. The summed E-state index contributed by atoms with van der Waals surface area (Å²) in [6.07, 6.45) is 9.73. The molecule has 0 bridgehead atoms. The van der Waals surface area contributed by atoms with E-state index in [1.807, 2.05) is 35.9 Å². The summed E-state index contributed by atoms with van der Waals surface area (Å²) in [6.45, 7) is 9.11. The molecule has 4 rings (SSSR count). The molecule has 1 aromatic rings. The molecule has 2 unspecified atom stereocenters. The molecule has 1 aliphatic carbocycles. The van der Waals surface area contributed by atoms with Crippen LogP contribution in [0.25, 0.3) is 0 Å². The minimum Gasteiger partial charge on any atom is -0.497 e. The molecule has 1 fully saturated rings. The monoisotopic (exact) mass is 568 g/mol. The summed E-state index contributed by atoms with van der Waals surface area (Å²) in [5.41, 5.74) is 3.09. The van der Waals surface area contributed by atoms with Crippen LogP contribution in [-0.4, -0.2) is 80.3 Å². The Hall–Kier alpha value is -3.36. The minimum atomic E-state index is -0.0691. The lowest BCUT2D eigenvalue weighted by molar-refractivity contribution is 0.159. The topological polar surface area (TPSA) is 83.6 Å². The van der Waals surface area contributed by atoms with Gasteiger partial charge in [0.1, 0.15) is 23.4 Å². The van der Waals surface area contributed by atoms with E-state index in [9.17, 15) is 9.59 Å². The van der Waals surface area contributed by atoms with Gasteiger partial charge < -0.3 is 34.2 Å². The van der Waals surface area contributed by atoms with Crippen molar-refractivity contribution in [1.29, 1.82) is 0 Å². The number of benzene rings is 1. The van der Waals surface area contributed by atoms with Gasteiger partial charge in [0, 0.05) is 58.2 Å². The average Bonchev–Trinajstić information content (AvgIpc) is 3.66. The van der Waals surface area contributed by atoms with Crippen LogP contribution in [0.1, 0.15) is 64.0 Å². The van der Waals surface area contributed by atoms with Crippen molar-refractivity contribution in [2.24, 2.45) is 11.8 Å². The Labute approximate surface area is 245 Å². The molecule has 41 heavy (non-hydrogen) atoms. The zero-order chi connectivity index (χ0) is 29.5. The first-order chi connectivity index (χ1) is 19.8. The SMILES string of the molecule is CCC1=C(NC(=O)N2CCC/C=C/[C@H](C)Cc3c(cc(OC)cc3OC)CN(C)C(=O)N(CC)CCC2)C2CC2O1. The Bertz CT molecular complexity index is 1150. The quantitative estimate of drug-likeness (QED) is 0.471. The van der Waals surface area contributed by atoms with E-state index < -0.39 is 0 Å². The number of hydrogen-bond donors (Lipinski definition) is 1. The number of nitrogens with zero attached hydrogens (tertiary/aromatic N) is 3. The molecule has 3 atom stereocenters. The number of amides is 4. The number of nitrogens with one attached hydrogen (secondary N) is 1. The molecule has 3 aliphatic rings. The summed E-state index contributed by atoms with van der Waals surface area (Å²) in [5, 5.41) is 3.19. The van der Waals surface area contributed by atoms with Crippen molar-refractivity contribution in [3.05, 3.63) is 46.9 Å². The normalized spacial score (nSPS) is 24.7. The van der Waals surface area contributed by atoms with Gasteiger partial charge in [-0.25, -0.2) is 9.59 Å². The fourth-order valence-corrected chi connectivity index (χ4v) is 5.88. The maximum absolute atomic E-state index is 13.5. The van der Waals surface area contributed by atoms with E-state index in [1.165, 1.54) is 0 Å². The van der Waals surface area contributed by atoms with Crippen LogP contribution in [0.5, 0.6) is 11.5 Å². The molecule has 0 saturated heterocycles. The number of methoxy groups -OCH3 is 2. The average molecular weight is 569 g/mol. The van der Waals surface area contributed by atoms with Gasteiger partial charge in [0.05, 0.1) is 19.9 Å². The standard InChI is InChI=1S/C32H48N4O5/c1-7-27-30(26-20-29(26)41-27)33-31(37)36-14-11-9-10-13-22(3)17-25-23(18-24(39-5)19-28(25)40-6)21-34(4)32(38)35(8-2)15-12-16-36/h10,13,18-19,22,26,29H,7-9,11-12,14-17,20-21H2,1-6H3,(H,33,37)/b13-10+/t22-,26?,29?/m0/s1. The van der Waals surface area contributed by atoms with Crippen molar-refractivity contribution in [3.8, 4) is 11.5 Å². The number of allylic oxidation sites excluding steroid dienone is 3. The zero-order valence-corrected chi connectivity index (χ0v) is 25.7. The van der Waals surface area contributed by atoms with Crippen molar-refractivity contribution in [2.75, 3.05) is 47.4 Å². The summed E-state index contributed by atoms with van der Waals surface area (Å²) in [6, 6.07) is 3.82. The van der Waals surface area contributed by atoms with E-state index in [0.29, 0.717) is 50.8 Å². The van der Waals surface area contributed by atoms with Crippen molar-refractivity contribution in [1.82, 2.24) is 20.0 Å². The van der Waals surface area contributed by atoms with Crippen LogP contribution in [0.3, 0.4) is 0 Å². The third-order valence-electron chi connectivity index (χ3n) is 8.31. The molecule has 1 saturated carbocycles. The van der Waals surface area contributed by atoms with Crippen LogP contribution in [0.2, 0.25) is 0 Å². The van der Waals surface area contributed by atoms with Crippen LogP contribution >= 0.6 is 0 Å². The Balaban J connectivity index is 1.53. The highest BCUT2D eigenvalue weighted by Crippen LogP contribution is 2.48. The van der Waals surface area contributed by atoms with E-state index in [-0.39, 0.29) is 24.1 Å². The molecular formula is C32H48N4O5. The van der Waals surface area contributed by atoms with Gasteiger partial charge in [0.2, 0.25) is 0 Å². The largest absolute Gasteiger partial charge is 0.497 e. The van der Waals surface area contributed by atoms with Gasteiger partial charge in [-0.2, -0.15) is 0 Å². The lowest BCUT2D eigenvalue weighted by Gasteiger charge is -2.30. The van der Waals surface area contributed by atoms with Gasteiger partial charge >= 0.3 is 12.1 Å². The molecule has 2 heterocycles. The predicted octanol–water partition coefficient (Wildman–Crippen LogP) is 5.55. The van der Waals surface area contributed by atoms with Crippen LogP contribution in [0.15, 0.2) is 35.7 Å². The smallest absolute Gasteiger partial charge is 0.321 e. The number of hydrogen-bond acceptors (Lipinski definition) is 5. The number of rotatable bonds is 5. The van der Waals surface area contributed by atoms with Crippen molar-refractivity contribution in [2.45, 2.75) is 71.9 Å². The van der Waals surface area contributed by atoms with Crippen LogP contribution in [0, 0.1) is 11.8 Å². The number of fused-ring (bicyclic) bond motifs is 2. The van der Waals surface area contributed by atoms with E-state index >= 15 is 0 Å².